The molecule has 1 aliphatic rings. The van der Waals surface area contributed by atoms with Crippen LogP contribution >= 0.6 is 0 Å². The van der Waals surface area contributed by atoms with Crippen LogP contribution in [0.4, 0.5) is 10.1 Å². The van der Waals surface area contributed by atoms with Crippen molar-refractivity contribution in [2.75, 3.05) is 11.4 Å². The first-order valence-corrected chi connectivity index (χ1v) is 5.13. The smallest absolute Gasteiger partial charge is 0.240 e. The first kappa shape index (κ1) is 10.7. The maximum Gasteiger partial charge on any atom is 0.240 e. The molecule has 3 N–H and O–H groups in total. The molecule has 4 nitrogen and oxygen atoms in total. The molecule has 0 radical (unpaired) electrons. The van der Waals surface area contributed by atoms with Crippen molar-refractivity contribution in [3.05, 3.63) is 24.0 Å². The van der Waals surface area contributed by atoms with E-state index in [1.165, 1.54) is 12.1 Å². The topological polar surface area (TPSA) is 66.6 Å². The van der Waals surface area contributed by atoms with Gasteiger partial charge in [0.2, 0.25) is 5.91 Å². The third-order valence-electron chi connectivity index (χ3n) is 2.78. The summed E-state index contributed by atoms with van der Waals surface area (Å²) in [6.07, 6.45) is 1.51. The van der Waals surface area contributed by atoms with Gasteiger partial charge in [-0.15, -0.1) is 0 Å². The minimum Gasteiger partial charge on any atom is -0.508 e. The van der Waals surface area contributed by atoms with Crippen molar-refractivity contribution in [3.8, 4) is 5.75 Å². The number of hydrogen-bond acceptors (Lipinski definition) is 3. The summed E-state index contributed by atoms with van der Waals surface area (Å²) in [5, 5.41) is 9.30. The maximum atomic E-state index is 13.1. The Bertz CT molecular complexity index is 402. The Labute approximate surface area is 92.5 Å². The van der Waals surface area contributed by atoms with E-state index >= 15 is 0 Å². The second kappa shape index (κ2) is 4.00. The molecule has 1 aromatic rings. The molecule has 1 amide bonds. The van der Waals surface area contributed by atoms with E-state index in [0.717, 1.165) is 12.5 Å². The van der Waals surface area contributed by atoms with E-state index in [0.29, 0.717) is 18.7 Å². The second-order valence-corrected chi connectivity index (χ2v) is 3.92. The number of phenolic OH excluding ortho intramolecular Hbond substituents is 1. The predicted molar refractivity (Wildman–Crippen MR) is 57.6 cm³/mol. The van der Waals surface area contributed by atoms with Gasteiger partial charge >= 0.3 is 0 Å². The third kappa shape index (κ3) is 1.93. The zero-order chi connectivity index (χ0) is 11.7. The lowest BCUT2D eigenvalue weighted by molar-refractivity contribution is -0.119. The lowest BCUT2D eigenvalue weighted by atomic mass is 10.2. The number of phenols is 1. The number of hydrogen-bond donors (Lipinski definition) is 2. The normalized spacial score (nSPS) is 20.1. The summed E-state index contributed by atoms with van der Waals surface area (Å²) in [4.78, 5) is 12.9. The summed E-state index contributed by atoms with van der Waals surface area (Å²) < 4.78 is 13.1. The van der Waals surface area contributed by atoms with Gasteiger partial charge in [-0.1, -0.05) is 0 Å². The Morgan fingerprint density at radius 2 is 2.25 bits per heavy atom. The number of rotatable bonds is 2. The third-order valence-corrected chi connectivity index (χ3v) is 2.78. The lowest BCUT2D eigenvalue weighted by Crippen LogP contribution is -2.40. The van der Waals surface area contributed by atoms with Crippen molar-refractivity contribution in [1.82, 2.24) is 0 Å². The number of aromatic hydroxyl groups is 1. The number of amides is 1. The molecule has 0 aliphatic carbocycles. The van der Waals surface area contributed by atoms with E-state index in [-0.39, 0.29) is 5.75 Å². The van der Waals surface area contributed by atoms with Gasteiger partial charge in [-0.25, -0.2) is 4.39 Å². The molecule has 2 rings (SSSR count). The number of carbonyl (C=O) groups excluding carboxylic acids is 1. The molecule has 16 heavy (non-hydrogen) atoms. The fourth-order valence-electron chi connectivity index (χ4n) is 2.10. The average molecular weight is 224 g/mol. The number of primary amides is 1. The first-order valence-electron chi connectivity index (χ1n) is 5.13. The highest BCUT2D eigenvalue weighted by molar-refractivity contribution is 5.84. The number of halogens is 1. The van der Waals surface area contributed by atoms with Crippen molar-refractivity contribution < 1.29 is 14.3 Å². The zero-order valence-corrected chi connectivity index (χ0v) is 8.69. The van der Waals surface area contributed by atoms with E-state index in [1.807, 2.05) is 0 Å². The SMILES string of the molecule is NC(=O)C1CCCN1c1cc(O)cc(F)c1. The molecule has 1 aromatic carbocycles. The van der Waals surface area contributed by atoms with Crippen LogP contribution in [0.2, 0.25) is 0 Å². The van der Waals surface area contributed by atoms with Gasteiger partial charge in [0, 0.05) is 24.4 Å². The Morgan fingerprint density at radius 3 is 2.88 bits per heavy atom. The highest BCUT2D eigenvalue weighted by Gasteiger charge is 2.29. The fraction of sp³-hybridized carbons (Fsp3) is 0.364. The van der Waals surface area contributed by atoms with Crippen molar-refractivity contribution in [2.45, 2.75) is 18.9 Å². The van der Waals surface area contributed by atoms with Crippen molar-refractivity contribution >= 4 is 11.6 Å². The summed E-state index contributed by atoms with van der Waals surface area (Å²) in [6.45, 7) is 0.649. The van der Waals surface area contributed by atoms with Crippen LogP contribution in [0.1, 0.15) is 12.8 Å². The van der Waals surface area contributed by atoms with E-state index in [1.54, 1.807) is 4.90 Å². The van der Waals surface area contributed by atoms with E-state index in [2.05, 4.69) is 0 Å². The van der Waals surface area contributed by atoms with Gasteiger partial charge in [-0.2, -0.15) is 0 Å². The van der Waals surface area contributed by atoms with Crippen LogP contribution in [-0.4, -0.2) is 23.6 Å². The fourth-order valence-corrected chi connectivity index (χ4v) is 2.10. The highest BCUT2D eigenvalue weighted by Crippen LogP contribution is 2.28. The Balaban J connectivity index is 2.32. The van der Waals surface area contributed by atoms with Crippen molar-refractivity contribution in [1.29, 1.82) is 0 Å². The molecule has 1 heterocycles. The monoisotopic (exact) mass is 224 g/mol. The average Bonchev–Trinajstić information content (AvgIpc) is 2.63. The molecular formula is C11H13FN2O2. The van der Waals surface area contributed by atoms with Crippen LogP contribution in [0.3, 0.4) is 0 Å². The van der Waals surface area contributed by atoms with Crippen molar-refractivity contribution in [2.24, 2.45) is 5.73 Å². The van der Waals surface area contributed by atoms with Crippen LogP contribution in [0, 0.1) is 5.82 Å². The van der Waals surface area contributed by atoms with E-state index in [9.17, 15) is 14.3 Å². The number of anilines is 1. The quantitative estimate of drug-likeness (QED) is 0.787. The highest BCUT2D eigenvalue weighted by atomic mass is 19.1. The molecule has 0 bridgehead atoms. The Morgan fingerprint density at radius 1 is 1.50 bits per heavy atom. The van der Waals surface area contributed by atoms with Gasteiger partial charge in [-0.05, 0) is 18.9 Å². The second-order valence-electron chi connectivity index (χ2n) is 3.92. The minimum absolute atomic E-state index is 0.148. The largest absolute Gasteiger partial charge is 0.508 e. The summed E-state index contributed by atoms with van der Waals surface area (Å²) in [7, 11) is 0. The van der Waals surface area contributed by atoms with Gasteiger partial charge in [0.05, 0.1) is 0 Å². The molecule has 1 atom stereocenters. The Kier molecular flexibility index (Phi) is 2.68. The van der Waals surface area contributed by atoms with Crippen LogP contribution in [-0.2, 0) is 4.79 Å². The summed E-state index contributed by atoms with van der Waals surface area (Å²) in [5.74, 6) is -1.09. The first-order chi connectivity index (χ1) is 7.58. The van der Waals surface area contributed by atoms with Gasteiger partial charge < -0.3 is 15.7 Å². The summed E-state index contributed by atoms with van der Waals surface area (Å²) >= 11 is 0. The summed E-state index contributed by atoms with van der Waals surface area (Å²) in [5.41, 5.74) is 5.76. The van der Waals surface area contributed by atoms with Gasteiger partial charge in [0.1, 0.15) is 17.6 Å². The standard InChI is InChI=1S/C11H13FN2O2/c12-7-4-8(6-9(15)5-7)14-3-1-2-10(14)11(13)16/h4-6,10,15H,1-3H2,(H2,13,16). The number of carbonyl (C=O) groups is 1. The molecule has 0 spiro atoms. The van der Waals surface area contributed by atoms with Gasteiger partial charge in [0.25, 0.3) is 0 Å². The van der Waals surface area contributed by atoms with Gasteiger partial charge in [-0.3, -0.25) is 4.79 Å². The molecule has 1 saturated heterocycles. The molecule has 1 fully saturated rings. The zero-order valence-electron chi connectivity index (χ0n) is 8.69. The molecule has 0 aromatic heterocycles. The van der Waals surface area contributed by atoms with Crippen LogP contribution in [0.25, 0.3) is 0 Å². The molecule has 5 heteroatoms. The maximum absolute atomic E-state index is 13.1. The number of benzene rings is 1. The predicted octanol–water partition coefficient (Wildman–Crippen LogP) is 0.985. The van der Waals surface area contributed by atoms with Crippen LogP contribution < -0.4 is 10.6 Å². The molecule has 86 valence electrons. The number of nitrogens with zero attached hydrogens (tertiary/aromatic N) is 1. The van der Waals surface area contributed by atoms with Crippen molar-refractivity contribution in [3.63, 3.8) is 0 Å². The molecular weight excluding hydrogens is 211 g/mol. The minimum atomic E-state index is -0.523. The van der Waals surface area contributed by atoms with E-state index < -0.39 is 17.8 Å². The van der Waals surface area contributed by atoms with Crippen LogP contribution in [0.5, 0.6) is 5.75 Å². The molecule has 1 aliphatic heterocycles. The molecule has 1 unspecified atom stereocenters. The van der Waals surface area contributed by atoms with E-state index in [4.69, 9.17) is 5.73 Å². The summed E-state index contributed by atoms with van der Waals surface area (Å²) in [6, 6.07) is 3.35. The van der Waals surface area contributed by atoms with Crippen LogP contribution in [0.15, 0.2) is 18.2 Å². The lowest BCUT2D eigenvalue weighted by Gasteiger charge is -2.24. The van der Waals surface area contributed by atoms with Gasteiger partial charge in [0.15, 0.2) is 0 Å². The molecule has 0 saturated carbocycles. The number of nitrogens with two attached hydrogens (primary N) is 1. The Hall–Kier alpha value is -1.78.